The molecule has 0 amide bonds. The molecule has 0 saturated carbocycles. The molecule has 2 aromatic carbocycles. The summed E-state index contributed by atoms with van der Waals surface area (Å²) >= 11 is 0. The van der Waals surface area contributed by atoms with Crippen LogP contribution in [0.5, 0.6) is 17.4 Å². The van der Waals surface area contributed by atoms with E-state index in [2.05, 4.69) is 39.6 Å². The fourth-order valence-electron chi connectivity index (χ4n) is 3.47. The molecule has 9 heteroatoms. The number of nitrogens with zero attached hydrogens (tertiary/aromatic N) is 4. The third kappa shape index (κ3) is 6.07. The van der Waals surface area contributed by atoms with E-state index >= 15 is 0 Å². The molecule has 34 heavy (non-hydrogen) atoms. The normalized spacial score (nSPS) is 12.3. The average molecular weight is 459 g/mol. The monoisotopic (exact) mass is 458 g/mol. The van der Waals surface area contributed by atoms with E-state index in [1.165, 1.54) is 6.20 Å². The van der Waals surface area contributed by atoms with Gasteiger partial charge in [0.25, 0.3) is 0 Å². The number of benzene rings is 2. The number of nitriles is 1. The maximum Gasteiger partial charge on any atom is 0.219 e. The van der Waals surface area contributed by atoms with Crippen molar-refractivity contribution in [2.45, 2.75) is 31.9 Å². The quantitative estimate of drug-likeness (QED) is 0.330. The lowest BCUT2D eigenvalue weighted by Gasteiger charge is -2.28. The zero-order valence-electron chi connectivity index (χ0n) is 19.0. The van der Waals surface area contributed by atoms with Gasteiger partial charge in [-0.3, -0.25) is 0 Å². The number of aliphatic hydroxyl groups excluding tert-OH is 1. The van der Waals surface area contributed by atoms with Crippen molar-refractivity contribution in [3.05, 3.63) is 71.9 Å². The summed E-state index contributed by atoms with van der Waals surface area (Å²) in [6.45, 7) is 4.70. The summed E-state index contributed by atoms with van der Waals surface area (Å²) in [6.07, 6.45) is 1.55. The molecule has 0 bridgehead atoms. The zero-order chi connectivity index (χ0) is 24.0. The summed E-state index contributed by atoms with van der Waals surface area (Å²) in [5.41, 5.74) is 2.73. The number of β-amino-alcohol motifs (C(OH)–C–C–N with tert-alkyl or cyclic N) is 1. The fourth-order valence-corrected chi connectivity index (χ4v) is 3.47. The summed E-state index contributed by atoms with van der Waals surface area (Å²) < 4.78 is 11.5. The average Bonchev–Trinajstić information content (AvgIpc) is 3.33. The van der Waals surface area contributed by atoms with Crippen molar-refractivity contribution in [3.8, 4) is 23.4 Å². The lowest BCUT2D eigenvalue weighted by atomic mass is 9.94. The Balaban J connectivity index is 1.25. The molecular weight excluding hydrogens is 432 g/mol. The molecule has 0 aliphatic rings. The largest absolute Gasteiger partial charge is 0.488 e. The molecule has 9 nitrogen and oxygen atoms in total. The highest BCUT2D eigenvalue weighted by Gasteiger charge is 2.20. The van der Waals surface area contributed by atoms with Crippen LogP contribution in [-0.4, -0.2) is 50.3 Å². The van der Waals surface area contributed by atoms with Crippen LogP contribution in [0.4, 0.5) is 0 Å². The minimum Gasteiger partial charge on any atom is -0.488 e. The molecule has 4 aromatic rings. The van der Waals surface area contributed by atoms with Crippen molar-refractivity contribution in [1.82, 2.24) is 25.7 Å². The summed E-state index contributed by atoms with van der Waals surface area (Å²) in [5.74, 6) is 1.69. The number of aliphatic hydroxyl groups is 1. The van der Waals surface area contributed by atoms with Crippen LogP contribution in [0.1, 0.15) is 25.0 Å². The molecule has 3 N–H and O–H groups in total. The van der Waals surface area contributed by atoms with Crippen LogP contribution in [0.15, 0.2) is 60.8 Å². The van der Waals surface area contributed by atoms with Gasteiger partial charge in [-0.1, -0.05) is 18.2 Å². The summed E-state index contributed by atoms with van der Waals surface area (Å²) in [5, 5.41) is 33.4. The molecule has 0 fully saturated rings. The van der Waals surface area contributed by atoms with E-state index in [0.29, 0.717) is 35.0 Å². The number of hydrogen-bond acceptors (Lipinski definition) is 8. The van der Waals surface area contributed by atoms with Crippen molar-refractivity contribution in [2.75, 3.05) is 13.2 Å². The van der Waals surface area contributed by atoms with Crippen molar-refractivity contribution in [2.24, 2.45) is 0 Å². The van der Waals surface area contributed by atoms with Gasteiger partial charge >= 0.3 is 0 Å². The predicted molar refractivity (Wildman–Crippen MR) is 127 cm³/mol. The molecular formula is C25H26N6O3. The van der Waals surface area contributed by atoms with Gasteiger partial charge in [0.2, 0.25) is 5.88 Å². The van der Waals surface area contributed by atoms with E-state index in [0.717, 1.165) is 17.5 Å². The van der Waals surface area contributed by atoms with Gasteiger partial charge < -0.3 is 19.9 Å². The topological polar surface area (TPSA) is 129 Å². The van der Waals surface area contributed by atoms with Gasteiger partial charge in [0.1, 0.15) is 35.8 Å². The van der Waals surface area contributed by atoms with Crippen molar-refractivity contribution < 1.29 is 14.6 Å². The SMILES string of the molecule is CC(C)(Cc1ccc(Oc2ccc(C#N)cn2)cc1)NCC(O)COc1cccc2n[nH]nc12. The standard InChI is InChI=1S/C25H26N6O3/c1-25(2,28-15-19(32)16-33-22-5-3-4-21-24(22)30-31-29-21)12-17-6-9-20(10-7-17)34-23-11-8-18(13-26)14-27-23/h3-11,14,19,28,32H,12,15-16H2,1-2H3,(H,29,30,31). The molecule has 4 rings (SSSR count). The number of H-pyrrole nitrogens is 1. The summed E-state index contributed by atoms with van der Waals surface area (Å²) in [7, 11) is 0. The minimum atomic E-state index is -0.683. The molecule has 1 unspecified atom stereocenters. The van der Waals surface area contributed by atoms with Gasteiger partial charge in [-0.15, -0.1) is 0 Å². The Labute approximate surface area is 197 Å². The molecule has 0 radical (unpaired) electrons. The Morgan fingerprint density at radius 1 is 1.12 bits per heavy atom. The second-order valence-electron chi connectivity index (χ2n) is 8.60. The van der Waals surface area contributed by atoms with E-state index in [4.69, 9.17) is 14.7 Å². The van der Waals surface area contributed by atoms with Crippen LogP contribution < -0.4 is 14.8 Å². The van der Waals surface area contributed by atoms with Crippen LogP contribution in [0.2, 0.25) is 0 Å². The van der Waals surface area contributed by atoms with E-state index < -0.39 is 6.10 Å². The predicted octanol–water partition coefficient (Wildman–Crippen LogP) is 3.37. The number of nitrogens with one attached hydrogen (secondary N) is 2. The van der Waals surface area contributed by atoms with E-state index in [1.807, 2.05) is 42.5 Å². The van der Waals surface area contributed by atoms with Gasteiger partial charge in [-0.25, -0.2) is 4.98 Å². The molecule has 2 aromatic heterocycles. The number of fused-ring (bicyclic) bond motifs is 1. The molecule has 0 aliphatic carbocycles. The maximum atomic E-state index is 10.4. The molecule has 1 atom stereocenters. The van der Waals surface area contributed by atoms with E-state index in [9.17, 15) is 5.11 Å². The first-order valence-electron chi connectivity index (χ1n) is 10.9. The minimum absolute atomic E-state index is 0.143. The summed E-state index contributed by atoms with van der Waals surface area (Å²) in [4.78, 5) is 4.12. The number of pyridine rings is 1. The summed E-state index contributed by atoms with van der Waals surface area (Å²) in [6, 6.07) is 18.6. The number of aromatic amines is 1. The van der Waals surface area contributed by atoms with Gasteiger partial charge in [0.15, 0.2) is 5.52 Å². The molecule has 0 aliphatic heterocycles. The number of aromatic nitrogens is 4. The second-order valence-corrected chi connectivity index (χ2v) is 8.60. The van der Waals surface area contributed by atoms with Crippen LogP contribution in [0.3, 0.4) is 0 Å². The molecule has 2 heterocycles. The van der Waals surface area contributed by atoms with Crippen molar-refractivity contribution in [1.29, 1.82) is 5.26 Å². The first kappa shape index (κ1) is 23.2. The molecule has 0 spiro atoms. The van der Waals surface area contributed by atoms with Crippen LogP contribution in [0, 0.1) is 11.3 Å². The lowest BCUT2D eigenvalue weighted by Crippen LogP contribution is -2.46. The third-order valence-electron chi connectivity index (χ3n) is 5.21. The van der Waals surface area contributed by atoms with Gasteiger partial charge in [0, 0.05) is 24.3 Å². The smallest absolute Gasteiger partial charge is 0.219 e. The first-order valence-corrected chi connectivity index (χ1v) is 10.9. The third-order valence-corrected chi connectivity index (χ3v) is 5.21. The molecule has 174 valence electrons. The van der Waals surface area contributed by atoms with E-state index in [1.54, 1.807) is 18.2 Å². The van der Waals surface area contributed by atoms with Crippen LogP contribution in [0.25, 0.3) is 11.0 Å². The van der Waals surface area contributed by atoms with Crippen LogP contribution >= 0.6 is 0 Å². The Morgan fingerprint density at radius 3 is 2.68 bits per heavy atom. The highest BCUT2D eigenvalue weighted by Crippen LogP contribution is 2.23. The number of rotatable bonds is 10. The lowest BCUT2D eigenvalue weighted by molar-refractivity contribution is 0.0995. The zero-order valence-corrected chi connectivity index (χ0v) is 19.0. The number of hydrogen-bond donors (Lipinski definition) is 3. The Morgan fingerprint density at radius 2 is 1.94 bits per heavy atom. The Kier molecular flexibility index (Phi) is 7.01. The van der Waals surface area contributed by atoms with E-state index in [-0.39, 0.29) is 12.1 Å². The van der Waals surface area contributed by atoms with Crippen LogP contribution in [-0.2, 0) is 6.42 Å². The number of para-hydroxylation sites is 1. The van der Waals surface area contributed by atoms with Gasteiger partial charge in [-0.05, 0) is 56.2 Å². The maximum absolute atomic E-state index is 10.4. The Hall–Kier alpha value is -4.00. The van der Waals surface area contributed by atoms with Crippen molar-refractivity contribution >= 4 is 11.0 Å². The highest BCUT2D eigenvalue weighted by atomic mass is 16.5. The fraction of sp³-hybridized carbons (Fsp3) is 0.280. The Bertz CT molecular complexity index is 1260. The highest BCUT2D eigenvalue weighted by molar-refractivity contribution is 5.80. The first-order chi connectivity index (χ1) is 16.4. The van der Waals surface area contributed by atoms with Gasteiger partial charge in [-0.2, -0.15) is 20.7 Å². The van der Waals surface area contributed by atoms with Crippen molar-refractivity contribution in [3.63, 3.8) is 0 Å². The molecule has 0 saturated heterocycles. The van der Waals surface area contributed by atoms with Gasteiger partial charge in [0.05, 0.1) is 5.56 Å². The second kappa shape index (κ2) is 10.3. The number of ether oxygens (including phenoxy) is 2.